The molecule has 0 spiro atoms. The molecule has 0 aliphatic carbocycles. The molecule has 1 aromatic heterocycles. The molecule has 1 N–H and O–H groups in total. The lowest BCUT2D eigenvalue weighted by Crippen LogP contribution is -2.45. The minimum atomic E-state index is 0.456. The summed E-state index contributed by atoms with van der Waals surface area (Å²) >= 11 is 1.93. The lowest BCUT2D eigenvalue weighted by molar-refractivity contribution is 0.157. The Hall–Kier alpha value is -0.900. The van der Waals surface area contributed by atoms with Gasteiger partial charge in [-0.15, -0.1) is 11.3 Å². The average molecular weight is 302 g/mol. The van der Waals surface area contributed by atoms with E-state index in [1.807, 2.05) is 11.3 Å². The van der Waals surface area contributed by atoms with E-state index in [9.17, 15) is 0 Å². The van der Waals surface area contributed by atoms with Gasteiger partial charge in [-0.1, -0.05) is 18.2 Å². The predicted molar refractivity (Wildman–Crippen MR) is 93.1 cm³/mol. The zero-order valence-electron chi connectivity index (χ0n) is 13.3. The Morgan fingerprint density at radius 2 is 1.86 bits per heavy atom. The van der Waals surface area contributed by atoms with Gasteiger partial charge in [-0.3, -0.25) is 0 Å². The minimum absolute atomic E-state index is 0.456. The van der Waals surface area contributed by atoms with Crippen molar-refractivity contribution < 1.29 is 0 Å². The van der Waals surface area contributed by atoms with Crippen molar-refractivity contribution in [3.05, 3.63) is 35.2 Å². The largest absolute Gasteiger partial charge is 0.307 e. The van der Waals surface area contributed by atoms with Gasteiger partial charge >= 0.3 is 0 Å². The Kier molecular flexibility index (Phi) is 4.63. The van der Waals surface area contributed by atoms with Gasteiger partial charge in [-0.05, 0) is 64.2 Å². The maximum absolute atomic E-state index is 3.84. The van der Waals surface area contributed by atoms with E-state index in [2.05, 4.69) is 61.3 Å². The van der Waals surface area contributed by atoms with Crippen LogP contribution in [-0.2, 0) is 0 Å². The van der Waals surface area contributed by atoms with Crippen molar-refractivity contribution in [1.82, 2.24) is 10.2 Å². The highest BCUT2D eigenvalue weighted by Gasteiger charge is 2.22. The number of likely N-dealkylation sites (tertiary alicyclic amines) is 1. The summed E-state index contributed by atoms with van der Waals surface area (Å²) in [4.78, 5) is 4.05. The standard InChI is InChI=1S/C18H26N2S/c1-13(2)20-10-8-16(9-11-20)19-14(3)18-12-15-6-4-5-7-17(15)21-18/h4-7,12-14,16,19H,8-11H2,1-3H3. The number of fused-ring (bicyclic) bond motifs is 1. The molecule has 2 nitrogen and oxygen atoms in total. The second-order valence-electron chi connectivity index (χ2n) is 6.48. The van der Waals surface area contributed by atoms with Crippen molar-refractivity contribution >= 4 is 21.4 Å². The maximum Gasteiger partial charge on any atom is 0.0388 e. The number of nitrogens with zero attached hydrogens (tertiary/aromatic N) is 1. The molecule has 1 saturated heterocycles. The quantitative estimate of drug-likeness (QED) is 0.899. The Bertz CT molecular complexity index is 549. The summed E-state index contributed by atoms with van der Waals surface area (Å²) in [6.45, 7) is 9.36. The van der Waals surface area contributed by atoms with Gasteiger partial charge in [-0.25, -0.2) is 0 Å². The van der Waals surface area contributed by atoms with Crippen molar-refractivity contribution in [2.24, 2.45) is 0 Å². The van der Waals surface area contributed by atoms with E-state index in [0.717, 1.165) is 0 Å². The topological polar surface area (TPSA) is 15.3 Å². The number of piperidine rings is 1. The van der Waals surface area contributed by atoms with Gasteiger partial charge in [0.2, 0.25) is 0 Å². The fourth-order valence-corrected chi connectivity index (χ4v) is 4.31. The predicted octanol–water partition coefficient (Wildman–Crippen LogP) is 4.42. The fourth-order valence-electron chi connectivity index (χ4n) is 3.23. The Labute approximate surface area is 132 Å². The van der Waals surface area contributed by atoms with Gasteiger partial charge in [-0.2, -0.15) is 0 Å². The van der Waals surface area contributed by atoms with E-state index >= 15 is 0 Å². The van der Waals surface area contributed by atoms with Crippen LogP contribution < -0.4 is 5.32 Å². The van der Waals surface area contributed by atoms with Gasteiger partial charge < -0.3 is 10.2 Å². The third-order valence-electron chi connectivity index (χ3n) is 4.62. The molecule has 0 bridgehead atoms. The van der Waals surface area contributed by atoms with Gasteiger partial charge in [0.05, 0.1) is 0 Å². The summed E-state index contributed by atoms with van der Waals surface area (Å²) in [5, 5.41) is 5.22. The number of nitrogens with one attached hydrogen (secondary N) is 1. The minimum Gasteiger partial charge on any atom is -0.307 e. The summed E-state index contributed by atoms with van der Waals surface area (Å²) in [7, 11) is 0. The molecule has 114 valence electrons. The molecule has 3 heteroatoms. The molecule has 1 fully saturated rings. The molecule has 2 aromatic rings. The summed E-state index contributed by atoms with van der Waals surface area (Å²) in [6, 6.07) is 12.8. The summed E-state index contributed by atoms with van der Waals surface area (Å²) in [6.07, 6.45) is 2.54. The van der Waals surface area contributed by atoms with Crippen LogP contribution in [0.2, 0.25) is 0 Å². The number of rotatable bonds is 4. The van der Waals surface area contributed by atoms with E-state index in [4.69, 9.17) is 0 Å². The zero-order chi connectivity index (χ0) is 14.8. The molecule has 1 atom stereocenters. The van der Waals surface area contributed by atoms with Crippen LogP contribution >= 0.6 is 11.3 Å². The first-order valence-electron chi connectivity index (χ1n) is 8.12. The molecule has 0 amide bonds. The van der Waals surface area contributed by atoms with Crippen LogP contribution in [-0.4, -0.2) is 30.1 Å². The number of thiophene rings is 1. The molecule has 1 aromatic carbocycles. The highest BCUT2D eigenvalue weighted by molar-refractivity contribution is 7.19. The smallest absolute Gasteiger partial charge is 0.0388 e. The van der Waals surface area contributed by atoms with Crippen molar-refractivity contribution in [1.29, 1.82) is 0 Å². The summed E-state index contributed by atoms with van der Waals surface area (Å²) in [5.41, 5.74) is 0. The molecule has 0 saturated carbocycles. The molecule has 1 unspecified atom stereocenters. The highest BCUT2D eigenvalue weighted by Crippen LogP contribution is 2.30. The second kappa shape index (κ2) is 6.47. The Balaban J connectivity index is 1.60. The van der Waals surface area contributed by atoms with Crippen molar-refractivity contribution in [3.63, 3.8) is 0 Å². The van der Waals surface area contributed by atoms with E-state index in [1.54, 1.807) is 0 Å². The molecule has 0 radical (unpaired) electrons. The lowest BCUT2D eigenvalue weighted by Gasteiger charge is -2.36. The van der Waals surface area contributed by atoms with Gasteiger partial charge in [0, 0.05) is 27.7 Å². The maximum atomic E-state index is 3.84. The van der Waals surface area contributed by atoms with Crippen molar-refractivity contribution in [3.8, 4) is 0 Å². The van der Waals surface area contributed by atoms with Crippen molar-refractivity contribution in [2.45, 2.75) is 51.7 Å². The monoisotopic (exact) mass is 302 g/mol. The zero-order valence-corrected chi connectivity index (χ0v) is 14.1. The van der Waals surface area contributed by atoms with E-state index in [1.165, 1.54) is 40.9 Å². The van der Waals surface area contributed by atoms with Gasteiger partial charge in [0.25, 0.3) is 0 Å². The average Bonchev–Trinajstić information content (AvgIpc) is 2.92. The van der Waals surface area contributed by atoms with Gasteiger partial charge in [0.15, 0.2) is 0 Å². The molecule has 21 heavy (non-hydrogen) atoms. The SMILES string of the molecule is CC(NC1CCN(C(C)C)CC1)c1cc2ccccc2s1. The Morgan fingerprint density at radius 3 is 2.52 bits per heavy atom. The van der Waals surface area contributed by atoms with Crippen LogP contribution in [0.3, 0.4) is 0 Å². The first-order valence-corrected chi connectivity index (χ1v) is 8.93. The fraction of sp³-hybridized carbons (Fsp3) is 0.556. The van der Waals surface area contributed by atoms with E-state index in [0.29, 0.717) is 18.1 Å². The Morgan fingerprint density at radius 1 is 1.14 bits per heavy atom. The molecular formula is C18H26N2S. The molecular weight excluding hydrogens is 276 g/mol. The number of hydrogen-bond donors (Lipinski definition) is 1. The van der Waals surface area contributed by atoms with Crippen LogP contribution in [0.25, 0.3) is 10.1 Å². The molecule has 1 aliphatic rings. The highest BCUT2D eigenvalue weighted by atomic mass is 32.1. The van der Waals surface area contributed by atoms with Crippen LogP contribution in [0.1, 0.15) is 44.5 Å². The first-order chi connectivity index (χ1) is 10.1. The molecule has 1 aliphatic heterocycles. The van der Waals surface area contributed by atoms with Crippen LogP contribution in [0, 0.1) is 0 Å². The number of benzene rings is 1. The normalized spacial score (nSPS) is 19.4. The van der Waals surface area contributed by atoms with Crippen LogP contribution in [0.4, 0.5) is 0 Å². The van der Waals surface area contributed by atoms with E-state index < -0.39 is 0 Å². The third-order valence-corrected chi connectivity index (χ3v) is 5.92. The van der Waals surface area contributed by atoms with Crippen LogP contribution in [0.5, 0.6) is 0 Å². The third kappa shape index (κ3) is 3.47. The van der Waals surface area contributed by atoms with Crippen LogP contribution in [0.15, 0.2) is 30.3 Å². The lowest BCUT2D eigenvalue weighted by atomic mass is 10.0. The van der Waals surface area contributed by atoms with E-state index in [-0.39, 0.29) is 0 Å². The second-order valence-corrected chi connectivity index (χ2v) is 7.59. The molecule has 3 rings (SSSR count). The molecule has 2 heterocycles. The van der Waals surface area contributed by atoms with Crippen molar-refractivity contribution in [2.75, 3.05) is 13.1 Å². The number of hydrogen-bond acceptors (Lipinski definition) is 3. The summed E-state index contributed by atoms with van der Waals surface area (Å²) in [5.74, 6) is 0. The van der Waals surface area contributed by atoms with Gasteiger partial charge in [0.1, 0.15) is 0 Å². The summed E-state index contributed by atoms with van der Waals surface area (Å²) < 4.78 is 1.40. The first kappa shape index (κ1) is 15.0.